The summed E-state index contributed by atoms with van der Waals surface area (Å²) in [5, 5.41) is 7.67. The first-order valence-corrected chi connectivity index (χ1v) is 9.49. The predicted molar refractivity (Wildman–Crippen MR) is 94.3 cm³/mol. The number of carbonyl (C=O) groups excluding carboxylic acids is 1. The smallest absolute Gasteiger partial charge is 0.227 e. The minimum Gasteiger partial charge on any atom is -0.381 e. The van der Waals surface area contributed by atoms with Gasteiger partial charge in [-0.25, -0.2) is 0 Å². The first kappa shape index (κ1) is 17.0. The third kappa shape index (κ3) is 3.73. The van der Waals surface area contributed by atoms with Crippen molar-refractivity contribution in [3.8, 4) is 0 Å². The minimum absolute atomic E-state index is 0.0407. The van der Waals surface area contributed by atoms with Gasteiger partial charge in [0.2, 0.25) is 5.91 Å². The number of hydrogen-bond donors (Lipinski definition) is 1. The summed E-state index contributed by atoms with van der Waals surface area (Å²) in [6.07, 6.45) is 5.12. The Balaban J connectivity index is 1.32. The molecule has 3 saturated heterocycles. The second-order valence-electron chi connectivity index (χ2n) is 7.67. The van der Waals surface area contributed by atoms with E-state index in [0.29, 0.717) is 11.8 Å². The van der Waals surface area contributed by atoms with Crippen LogP contribution in [0.25, 0.3) is 0 Å². The summed E-state index contributed by atoms with van der Waals surface area (Å²) in [5.74, 6) is 1.27. The van der Waals surface area contributed by atoms with E-state index in [1.807, 2.05) is 24.1 Å². The van der Waals surface area contributed by atoms with Crippen LogP contribution in [0.15, 0.2) is 12.4 Å². The molecule has 1 N–H and O–H groups in total. The summed E-state index contributed by atoms with van der Waals surface area (Å²) in [4.78, 5) is 17.6. The number of carbonyl (C=O) groups is 1. The van der Waals surface area contributed by atoms with Gasteiger partial charge in [0.1, 0.15) is 0 Å². The van der Waals surface area contributed by atoms with Crippen LogP contribution in [0.3, 0.4) is 0 Å². The molecule has 3 fully saturated rings. The molecule has 1 aromatic heterocycles. The van der Waals surface area contributed by atoms with Gasteiger partial charge in [-0.3, -0.25) is 14.4 Å². The van der Waals surface area contributed by atoms with Crippen molar-refractivity contribution in [3.05, 3.63) is 18.0 Å². The highest BCUT2D eigenvalue weighted by molar-refractivity contribution is 5.80. The maximum absolute atomic E-state index is 13.1. The molecule has 25 heavy (non-hydrogen) atoms. The van der Waals surface area contributed by atoms with Crippen molar-refractivity contribution in [2.45, 2.75) is 12.3 Å². The van der Waals surface area contributed by atoms with E-state index < -0.39 is 0 Å². The standard InChI is InChI=1S/C18H29N5O2/c1-21-12-15(8-20-21)16-9-19-10-17(16)18(24)23-5-3-22(4-6-23)11-14-2-7-25-13-14/h8,12,14,16-17,19H,2-7,9-11,13H2,1H3/t14?,16-,17+/m1/s1. The van der Waals surface area contributed by atoms with Crippen molar-refractivity contribution in [1.82, 2.24) is 24.9 Å². The van der Waals surface area contributed by atoms with E-state index in [1.54, 1.807) is 0 Å². The Kier molecular flexibility index (Phi) is 5.05. The lowest BCUT2D eigenvalue weighted by Gasteiger charge is -2.37. The Morgan fingerprint density at radius 2 is 2.16 bits per heavy atom. The molecule has 3 aliphatic rings. The number of ether oxygens (including phenoxy) is 1. The molecule has 0 radical (unpaired) electrons. The molecule has 3 atom stereocenters. The lowest BCUT2D eigenvalue weighted by atomic mass is 9.89. The Bertz CT molecular complexity index is 590. The summed E-state index contributed by atoms with van der Waals surface area (Å²) in [6, 6.07) is 0. The number of nitrogens with zero attached hydrogens (tertiary/aromatic N) is 4. The average molecular weight is 347 g/mol. The molecule has 0 aliphatic carbocycles. The van der Waals surface area contributed by atoms with Crippen LogP contribution in [0.5, 0.6) is 0 Å². The second-order valence-corrected chi connectivity index (χ2v) is 7.67. The molecule has 4 heterocycles. The Morgan fingerprint density at radius 3 is 2.84 bits per heavy atom. The van der Waals surface area contributed by atoms with Gasteiger partial charge in [0, 0.05) is 71.6 Å². The fourth-order valence-corrected chi connectivity index (χ4v) is 4.40. The lowest BCUT2D eigenvalue weighted by molar-refractivity contribution is -0.137. The number of amides is 1. The van der Waals surface area contributed by atoms with Crippen molar-refractivity contribution in [2.24, 2.45) is 18.9 Å². The molecule has 138 valence electrons. The zero-order chi connectivity index (χ0) is 17.2. The summed E-state index contributed by atoms with van der Waals surface area (Å²) in [7, 11) is 1.93. The van der Waals surface area contributed by atoms with Crippen LogP contribution in [0.2, 0.25) is 0 Å². The van der Waals surface area contributed by atoms with Crippen molar-refractivity contribution < 1.29 is 9.53 Å². The van der Waals surface area contributed by atoms with Gasteiger partial charge in [-0.1, -0.05) is 0 Å². The largest absolute Gasteiger partial charge is 0.381 e. The Labute approximate surface area is 149 Å². The van der Waals surface area contributed by atoms with Crippen molar-refractivity contribution in [2.75, 3.05) is 59.0 Å². The van der Waals surface area contributed by atoms with E-state index in [1.165, 1.54) is 12.0 Å². The van der Waals surface area contributed by atoms with Gasteiger partial charge in [-0.05, 0) is 17.9 Å². The number of aryl methyl sites for hydroxylation is 1. The number of rotatable bonds is 4. The van der Waals surface area contributed by atoms with Crippen molar-refractivity contribution >= 4 is 5.91 Å². The van der Waals surface area contributed by atoms with E-state index in [9.17, 15) is 4.79 Å². The number of hydrogen-bond acceptors (Lipinski definition) is 5. The van der Waals surface area contributed by atoms with Gasteiger partial charge >= 0.3 is 0 Å². The Morgan fingerprint density at radius 1 is 1.32 bits per heavy atom. The van der Waals surface area contributed by atoms with Crippen LogP contribution in [0.1, 0.15) is 17.9 Å². The summed E-state index contributed by atoms with van der Waals surface area (Å²) in [6.45, 7) is 8.24. The normalized spacial score (nSPS) is 30.9. The van der Waals surface area contributed by atoms with Gasteiger partial charge in [0.15, 0.2) is 0 Å². The molecule has 0 spiro atoms. The van der Waals surface area contributed by atoms with E-state index in [2.05, 4.69) is 20.2 Å². The number of piperazine rings is 1. The number of aromatic nitrogens is 2. The van der Waals surface area contributed by atoms with Crippen LogP contribution in [0, 0.1) is 11.8 Å². The van der Waals surface area contributed by atoms with Gasteiger partial charge in [0.05, 0.1) is 18.7 Å². The predicted octanol–water partition coefficient (Wildman–Crippen LogP) is -0.0962. The summed E-state index contributed by atoms with van der Waals surface area (Å²) < 4.78 is 7.30. The molecule has 0 bridgehead atoms. The molecular formula is C18H29N5O2. The van der Waals surface area contributed by atoms with E-state index in [4.69, 9.17) is 4.74 Å². The minimum atomic E-state index is 0.0407. The van der Waals surface area contributed by atoms with E-state index in [0.717, 1.165) is 59.0 Å². The van der Waals surface area contributed by atoms with Crippen LogP contribution in [0.4, 0.5) is 0 Å². The fraction of sp³-hybridized carbons (Fsp3) is 0.778. The third-order valence-corrected chi connectivity index (χ3v) is 5.91. The first-order valence-electron chi connectivity index (χ1n) is 9.49. The SMILES string of the molecule is Cn1cc([C@H]2CNC[C@@H]2C(=O)N2CCN(CC3CCOC3)CC2)cn1. The topological polar surface area (TPSA) is 62.6 Å². The Hall–Kier alpha value is -1.44. The molecule has 1 unspecified atom stereocenters. The summed E-state index contributed by atoms with van der Waals surface area (Å²) in [5.41, 5.74) is 1.17. The highest BCUT2D eigenvalue weighted by Crippen LogP contribution is 2.29. The molecule has 1 aromatic rings. The van der Waals surface area contributed by atoms with Crippen molar-refractivity contribution in [1.29, 1.82) is 0 Å². The molecule has 1 amide bonds. The molecule has 4 rings (SSSR count). The average Bonchev–Trinajstić information content (AvgIpc) is 3.36. The van der Waals surface area contributed by atoms with Gasteiger partial charge in [0.25, 0.3) is 0 Å². The van der Waals surface area contributed by atoms with Crippen molar-refractivity contribution in [3.63, 3.8) is 0 Å². The summed E-state index contributed by atoms with van der Waals surface area (Å²) >= 11 is 0. The van der Waals surface area contributed by atoms with Gasteiger partial charge in [-0.2, -0.15) is 5.10 Å². The molecule has 7 heteroatoms. The highest BCUT2D eigenvalue weighted by atomic mass is 16.5. The fourth-order valence-electron chi connectivity index (χ4n) is 4.40. The van der Waals surface area contributed by atoms with E-state index in [-0.39, 0.29) is 11.8 Å². The molecule has 7 nitrogen and oxygen atoms in total. The second kappa shape index (κ2) is 7.43. The highest BCUT2D eigenvalue weighted by Gasteiger charge is 2.38. The van der Waals surface area contributed by atoms with Crippen LogP contribution >= 0.6 is 0 Å². The van der Waals surface area contributed by atoms with Gasteiger partial charge < -0.3 is 15.0 Å². The molecule has 0 saturated carbocycles. The van der Waals surface area contributed by atoms with Gasteiger partial charge in [-0.15, -0.1) is 0 Å². The first-order chi connectivity index (χ1) is 12.2. The van der Waals surface area contributed by atoms with Crippen LogP contribution in [-0.2, 0) is 16.6 Å². The molecule has 0 aromatic carbocycles. The lowest BCUT2D eigenvalue weighted by Crippen LogP contribution is -2.52. The number of nitrogens with one attached hydrogen (secondary N) is 1. The quantitative estimate of drug-likeness (QED) is 0.824. The maximum atomic E-state index is 13.1. The monoisotopic (exact) mass is 347 g/mol. The van der Waals surface area contributed by atoms with Crippen LogP contribution < -0.4 is 5.32 Å². The zero-order valence-corrected chi connectivity index (χ0v) is 15.1. The third-order valence-electron chi connectivity index (χ3n) is 5.91. The molecular weight excluding hydrogens is 318 g/mol. The maximum Gasteiger partial charge on any atom is 0.227 e. The van der Waals surface area contributed by atoms with Crippen LogP contribution in [-0.4, -0.2) is 84.5 Å². The van der Waals surface area contributed by atoms with E-state index >= 15 is 0 Å². The molecule has 3 aliphatic heterocycles. The zero-order valence-electron chi connectivity index (χ0n) is 15.1.